The van der Waals surface area contributed by atoms with Gasteiger partial charge in [0.1, 0.15) is 0 Å². The lowest BCUT2D eigenvalue weighted by atomic mass is 9.85. The van der Waals surface area contributed by atoms with E-state index in [9.17, 15) is 10.2 Å². The van der Waals surface area contributed by atoms with Gasteiger partial charge < -0.3 is 10.2 Å². The summed E-state index contributed by atoms with van der Waals surface area (Å²) in [5.74, 6) is 0.913. The first-order chi connectivity index (χ1) is 14.1. The molecule has 30 heavy (non-hydrogen) atoms. The Morgan fingerprint density at radius 1 is 1.23 bits per heavy atom. The van der Waals surface area contributed by atoms with Crippen LogP contribution in [0.2, 0.25) is 0 Å². The van der Waals surface area contributed by atoms with Gasteiger partial charge in [0.2, 0.25) is 0 Å². The monoisotopic (exact) mass is 436 g/mol. The van der Waals surface area contributed by atoms with E-state index in [-0.39, 0.29) is 12.0 Å². The van der Waals surface area contributed by atoms with E-state index < -0.39 is 5.60 Å². The van der Waals surface area contributed by atoms with Gasteiger partial charge in [-0.05, 0) is 88.9 Å². The zero-order valence-corrected chi connectivity index (χ0v) is 21.8. The van der Waals surface area contributed by atoms with Crippen molar-refractivity contribution in [1.82, 2.24) is 0 Å². The summed E-state index contributed by atoms with van der Waals surface area (Å²) in [6.45, 7) is 13.0. The van der Waals surface area contributed by atoms with Crippen LogP contribution in [0, 0.1) is 11.8 Å². The summed E-state index contributed by atoms with van der Waals surface area (Å²) < 4.78 is 0. The number of unbranched alkanes of at least 4 members (excludes halogenated alkanes) is 2. The summed E-state index contributed by atoms with van der Waals surface area (Å²) >= 11 is 0. The molecule has 0 heterocycles. The van der Waals surface area contributed by atoms with Crippen LogP contribution in [0.1, 0.15) is 112 Å². The minimum atomic E-state index is -0.494. The van der Waals surface area contributed by atoms with Crippen LogP contribution in [0.5, 0.6) is 0 Å². The Morgan fingerprint density at radius 3 is 2.57 bits per heavy atom. The summed E-state index contributed by atoms with van der Waals surface area (Å²) in [4.78, 5) is 0. The zero-order valence-electron chi connectivity index (χ0n) is 20.6. The van der Waals surface area contributed by atoms with Gasteiger partial charge in [0.25, 0.3) is 0 Å². The lowest BCUT2D eigenvalue weighted by molar-refractivity contribution is 0.0375. The quantitative estimate of drug-likeness (QED) is 0.166. The number of hydrogen-bond acceptors (Lipinski definition) is 2. The van der Waals surface area contributed by atoms with Crippen molar-refractivity contribution in [3.05, 3.63) is 34.2 Å². The Balaban J connectivity index is 2.29. The molecule has 5 unspecified atom stereocenters. The largest absolute Gasteiger partial charge is 0.390 e. The topological polar surface area (TPSA) is 40.5 Å². The second-order valence-corrected chi connectivity index (χ2v) is 10.7. The van der Waals surface area contributed by atoms with Crippen molar-refractivity contribution in [3.8, 4) is 0 Å². The molecule has 1 aliphatic carbocycles. The van der Waals surface area contributed by atoms with Gasteiger partial charge >= 0.3 is 0 Å². The highest BCUT2D eigenvalue weighted by molar-refractivity contribution is 7.23. The van der Waals surface area contributed by atoms with E-state index in [1.165, 1.54) is 47.7 Å². The van der Waals surface area contributed by atoms with Crippen molar-refractivity contribution in [2.45, 2.75) is 124 Å². The fourth-order valence-electron chi connectivity index (χ4n) is 4.30. The summed E-state index contributed by atoms with van der Waals surface area (Å²) in [7, 11) is 2.89. The highest BCUT2D eigenvalue weighted by Crippen LogP contribution is 2.36. The van der Waals surface area contributed by atoms with Gasteiger partial charge in [-0.1, -0.05) is 63.3 Å². The molecule has 1 aliphatic rings. The van der Waals surface area contributed by atoms with Gasteiger partial charge in [0.15, 0.2) is 0 Å². The minimum Gasteiger partial charge on any atom is -0.390 e. The van der Waals surface area contributed by atoms with Gasteiger partial charge in [-0.2, -0.15) is 0 Å². The van der Waals surface area contributed by atoms with Crippen molar-refractivity contribution in [2.75, 3.05) is 0 Å². The van der Waals surface area contributed by atoms with Crippen LogP contribution in [0.4, 0.5) is 0 Å². The molecule has 0 aromatic rings. The number of hydrogen-bond donors (Lipinski definition) is 2. The van der Waals surface area contributed by atoms with Crippen LogP contribution in [-0.2, 0) is 0 Å². The SMILES string of the molecule is CCCCCC(C)(O)CCC/C(C)=C/CCC(C)CCC1=CC(O)C(C)C(C)=C1P. The maximum atomic E-state index is 10.5. The van der Waals surface area contributed by atoms with E-state index in [4.69, 9.17) is 0 Å². The smallest absolute Gasteiger partial charge is 0.0789 e. The first kappa shape index (κ1) is 27.6. The Kier molecular flexibility index (Phi) is 12.8. The average Bonchev–Trinajstić information content (AvgIpc) is 2.68. The molecule has 0 amide bonds. The minimum absolute atomic E-state index is 0.229. The molecule has 0 aliphatic heterocycles. The van der Waals surface area contributed by atoms with Gasteiger partial charge in [-0.15, -0.1) is 9.24 Å². The van der Waals surface area contributed by atoms with E-state index in [0.29, 0.717) is 5.92 Å². The molecule has 0 saturated heterocycles. The molecule has 3 heteroatoms. The third kappa shape index (κ3) is 10.3. The summed E-state index contributed by atoms with van der Waals surface area (Å²) in [6, 6.07) is 0. The standard InChI is InChI=1S/C27H49O2P/c1-7-8-9-17-27(6,29)18-11-14-20(2)12-10-13-21(3)15-16-24-19-25(28)22(4)23(5)26(24)30/h12,19,21-22,25,28-29H,7-11,13-18,30H2,1-6H3/b20-12+. The first-order valence-corrected chi connectivity index (χ1v) is 12.9. The van der Waals surface area contributed by atoms with Crippen molar-refractivity contribution >= 4 is 9.24 Å². The van der Waals surface area contributed by atoms with Crippen LogP contribution in [0.25, 0.3) is 0 Å². The van der Waals surface area contributed by atoms with Gasteiger partial charge in [0, 0.05) is 5.92 Å². The highest BCUT2D eigenvalue weighted by Gasteiger charge is 2.23. The van der Waals surface area contributed by atoms with E-state index in [0.717, 1.165) is 44.9 Å². The molecule has 0 fully saturated rings. The Hall–Kier alpha value is -0.430. The van der Waals surface area contributed by atoms with Crippen LogP contribution in [0.15, 0.2) is 34.2 Å². The fourth-order valence-corrected chi connectivity index (χ4v) is 4.81. The van der Waals surface area contributed by atoms with E-state index in [1.54, 1.807) is 0 Å². The number of aliphatic hydroxyl groups excluding tert-OH is 1. The molecule has 2 N–H and O–H groups in total. The molecule has 174 valence electrons. The van der Waals surface area contributed by atoms with E-state index in [2.05, 4.69) is 56.0 Å². The third-order valence-corrected chi connectivity index (χ3v) is 7.83. The highest BCUT2D eigenvalue weighted by atomic mass is 31.0. The molecule has 2 nitrogen and oxygen atoms in total. The zero-order chi connectivity index (χ0) is 22.7. The Bertz CT molecular complexity index is 600. The van der Waals surface area contributed by atoms with Gasteiger partial charge in [-0.3, -0.25) is 0 Å². The lowest BCUT2D eigenvalue weighted by Crippen LogP contribution is -2.23. The van der Waals surface area contributed by atoms with Crippen molar-refractivity contribution in [3.63, 3.8) is 0 Å². The second kappa shape index (κ2) is 13.9. The molecule has 0 saturated carbocycles. The lowest BCUT2D eigenvalue weighted by Gasteiger charge is -2.27. The van der Waals surface area contributed by atoms with Crippen LogP contribution >= 0.6 is 9.24 Å². The van der Waals surface area contributed by atoms with Crippen molar-refractivity contribution in [2.24, 2.45) is 11.8 Å². The first-order valence-electron chi connectivity index (χ1n) is 12.3. The summed E-state index contributed by atoms with van der Waals surface area (Å²) in [5.41, 5.74) is 3.59. The Morgan fingerprint density at radius 2 is 1.90 bits per heavy atom. The Labute approximate surface area is 189 Å². The molecule has 0 bridgehead atoms. The number of allylic oxidation sites excluding steroid dienone is 4. The van der Waals surface area contributed by atoms with E-state index >= 15 is 0 Å². The van der Waals surface area contributed by atoms with Gasteiger partial charge in [0.05, 0.1) is 11.7 Å². The second-order valence-electron chi connectivity index (χ2n) is 10.1. The fraction of sp³-hybridized carbons (Fsp3) is 0.778. The van der Waals surface area contributed by atoms with Crippen LogP contribution in [0.3, 0.4) is 0 Å². The molecule has 1 rings (SSSR count). The summed E-state index contributed by atoms with van der Waals surface area (Å²) in [5, 5.41) is 22.0. The molecular formula is C27H49O2P. The number of rotatable bonds is 14. The normalized spacial score (nSPS) is 23.4. The number of aliphatic hydroxyl groups is 2. The predicted molar refractivity (Wildman–Crippen MR) is 136 cm³/mol. The maximum absolute atomic E-state index is 10.5. The van der Waals surface area contributed by atoms with Crippen molar-refractivity contribution in [1.29, 1.82) is 0 Å². The van der Waals surface area contributed by atoms with Gasteiger partial charge in [-0.25, -0.2) is 0 Å². The van der Waals surface area contributed by atoms with E-state index in [1.807, 2.05) is 6.92 Å². The molecule has 0 aromatic heterocycles. The molecule has 0 radical (unpaired) electrons. The van der Waals surface area contributed by atoms with Crippen LogP contribution < -0.4 is 0 Å². The molecular weight excluding hydrogens is 387 g/mol. The van der Waals surface area contributed by atoms with Crippen molar-refractivity contribution < 1.29 is 10.2 Å². The molecule has 5 atom stereocenters. The predicted octanol–water partition coefficient (Wildman–Crippen LogP) is 7.72. The molecule has 0 aromatic carbocycles. The maximum Gasteiger partial charge on any atom is 0.0789 e. The molecule has 0 spiro atoms. The average molecular weight is 437 g/mol. The third-order valence-electron chi connectivity index (χ3n) is 7.00. The van der Waals surface area contributed by atoms with Crippen LogP contribution in [-0.4, -0.2) is 21.9 Å². The summed E-state index contributed by atoms with van der Waals surface area (Å²) in [6.07, 6.45) is 16.3.